The Morgan fingerprint density at radius 3 is 2.10 bits per heavy atom. The van der Waals surface area contributed by atoms with E-state index in [1.165, 1.54) is 19.2 Å². The molecule has 1 aliphatic rings. The zero-order valence-electron chi connectivity index (χ0n) is 18.2. The summed E-state index contributed by atoms with van der Waals surface area (Å²) >= 11 is 0. The van der Waals surface area contributed by atoms with E-state index in [0.29, 0.717) is 22.7 Å². The fraction of sp³-hybridized carbons (Fsp3) is 0.435. The number of hydrogen-bond acceptors (Lipinski definition) is 3. The summed E-state index contributed by atoms with van der Waals surface area (Å²) < 4.78 is 54.4. The number of rotatable bonds is 4. The van der Waals surface area contributed by atoms with Crippen molar-refractivity contribution < 1.29 is 22.3 Å². The summed E-state index contributed by atoms with van der Waals surface area (Å²) in [5.41, 5.74) is -0.976. The minimum absolute atomic E-state index is 0.0140. The average Bonchev–Trinajstić information content (AvgIpc) is 2.65. The molecule has 2 aromatic rings. The fourth-order valence-corrected chi connectivity index (χ4v) is 4.29. The number of aliphatic imine (C=N–C) groups is 1. The maximum Gasteiger partial charge on any atom is 0.403 e. The molecule has 0 amide bonds. The SMILES string of the molecule is COc1ccc([C@@]2(C(F)(F)F)C=Nc3ccc(O[Si](C)(C)C(C)(C)C)cc3C2)cc1. The Balaban J connectivity index is 2.02. The van der Waals surface area contributed by atoms with E-state index >= 15 is 0 Å². The summed E-state index contributed by atoms with van der Waals surface area (Å²) in [4.78, 5) is 4.20. The van der Waals surface area contributed by atoms with Crippen molar-refractivity contribution in [2.75, 3.05) is 7.11 Å². The van der Waals surface area contributed by atoms with Gasteiger partial charge in [0.05, 0.1) is 12.8 Å². The second-order valence-electron chi connectivity index (χ2n) is 9.29. The van der Waals surface area contributed by atoms with Crippen LogP contribution in [0.3, 0.4) is 0 Å². The van der Waals surface area contributed by atoms with Crippen LogP contribution < -0.4 is 9.16 Å². The third-order valence-corrected chi connectivity index (χ3v) is 10.6. The lowest BCUT2D eigenvalue weighted by molar-refractivity contribution is -0.168. The largest absolute Gasteiger partial charge is 0.543 e. The molecule has 0 radical (unpaired) electrons. The molecule has 0 saturated heterocycles. The monoisotopic (exact) mass is 435 g/mol. The normalized spacial score (nSPS) is 19.4. The summed E-state index contributed by atoms with van der Waals surface area (Å²) in [7, 11) is -0.629. The molecule has 162 valence electrons. The van der Waals surface area contributed by atoms with Gasteiger partial charge in [-0.05, 0) is 66.0 Å². The highest BCUT2D eigenvalue weighted by Crippen LogP contribution is 2.47. The molecular formula is C23H28F3NO2Si. The van der Waals surface area contributed by atoms with E-state index in [9.17, 15) is 13.2 Å². The van der Waals surface area contributed by atoms with Crippen LogP contribution >= 0.6 is 0 Å². The molecule has 0 unspecified atom stereocenters. The summed E-state index contributed by atoms with van der Waals surface area (Å²) in [5.74, 6) is 1.11. The van der Waals surface area contributed by atoms with Gasteiger partial charge in [-0.25, -0.2) is 0 Å². The molecule has 3 rings (SSSR count). The maximum absolute atomic E-state index is 14.3. The van der Waals surface area contributed by atoms with Crippen molar-refractivity contribution in [3.8, 4) is 11.5 Å². The smallest absolute Gasteiger partial charge is 0.403 e. The van der Waals surface area contributed by atoms with E-state index in [1.54, 1.807) is 30.3 Å². The van der Waals surface area contributed by atoms with Crippen molar-refractivity contribution >= 4 is 20.2 Å². The van der Waals surface area contributed by atoms with Crippen LogP contribution in [0.15, 0.2) is 47.5 Å². The van der Waals surface area contributed by atoms with Crippen molar-refractivity contribution in [2.45, 2.75) is 56.9 Å². The Hall–Kier alpha value is -2.28. The van der Waals surface area contributed by atoms with Gasteiger partial charge in [0, 0.05) is 6.21 Å². The highest BCUT2D eigenvalue weighted by molar-refractivity contribution is 6.74. The van der Waals surface area contributed by atoms with E-state index < -0.39 is 19.9 Å². The van der Waals surface area contributed by atoms with Crippen molar-refractivity contribution in [1.82, 2.24) is 0 Å². The average molecular weight is 436 g/mol. The fourth-order valence-electron chi connectivity index (χ4n) is 3.27. The number of alkyl halides is 3. The topological polar surface area (TPSA) is 30.8 Å². The lowest BCUT2D eigenvalue weighted by Crippen LogP contribution is -2.47. The number of halogens is 3. The van der Waals surface area contributed by atoms with Gasteiger partial charge >= 0.3 is 6.18 Å². The molecule has 0 saturated carbocycles. The first-order valence-electron chi connectivity index (χ1n) is 9.87. The van der Waals surface area contributed by atoms with Crippen LogP contribution in [0.5, 0.6) is 11.5 Å². The molecule has 0 bridgehead atoms. The Bertz CT molecular complexity index is 946. The quantitative estimate of drug-likeness (QED) is 0.492. The molecule has 0 aliphatic carbocycles. The molecule has 0 aromatic heterocycles. The van der Waals surface area contributed by atoms with Crippen LogP contribution in [0.1, 0.15) is 31.9 Å². The van der Waals surface area contributed by atoms with Gasteiger partial charge in [0.1, 0.15) is 16.9 Å². The van der Waals surface area contributed by atoms with E-state index in [-0.39, 0.29) is 17.0 Å². The number of hydrogen-bond donors (Lipinski definition) is 0. The highest BCUT2D eigenvalue weighted by atomic mass is 28.4. The molecule has 7 heteroatoms. The second kappa shape index (κ2) is 7.44. The molecule has 1 heterocycles. The molecule has 1 aliphatic heterocycles. The van der Waals surface area contributed by atoms with Crippen LogP contribution in [0, 0.1) is 0 Å². The Kier molecular flexibility index (Phi) is 5.56. The standard InChI is InChI=1S/C23H28F3NO2Si/c1-21(2,3)30(5,6)29-19-11-12-20-16(13-19)14-22(15-27-20,23(24,25)26)17-7-9-18(28-4)10-8-17/h7-13,15H,14H2,1-6H3/t22-/m0/s1. The molecule has 0 fully saturated rings. The minimum atomic E-state index is -4.50. The molecule has 0 N–H and O–H groups in total. The molecule has 30 heavy (non-hydrogen) atoms. The van der Waals surface area contributed by atoms with Crippen LogP contribution in [0.4, 0.5) is 18.9 Å². The Labute approximate surface area is 177 Å². The second-order valence-corrected chi connectivity index (χ2v) is 14.0. The van der Waals surface area contributed by atoms with Gasteiger partial charge in [0.15, 0.2) is 0 Å². The number of methoxy groups -OCH3 is 1. The van der Waals surface area contributed by atoms with Gasteiger partial charge in [0.25, 0.3) is 0 Å². The van der Waals surface area contributed by atoms with Crippen LogP contribution in [0.2, 0.25) is 18.1 Å². The van der Waals surface area contributed by atoms with Gasteiger partial charge in [-0.1, -0.05) is 32.9 Å². The molecular weight excluding hydrogens is 407 g/mol. The first-order valence-corrected chi connectivity index (χ1v) is 12.8. The maximum atomic E-state index is 14.3. The summed E-state index contributed by atoms with van der Waals surface area (Å²) in [5, 5.41) is -0.0140. The number of ether oxygens (including phenoxy) is 1. The summed E-state index contributed by atoms with van der Waals surface area (Å²) in [6.45, 7) is 10.6. The van der Waals surface area contributed by atoms with Gasteiger partial charge in [-0.2, -0.15) is 13.2 Å². The van der Waals surface area contributed by atoms with Crippen molar-refractivity contribution in [1.29, 1.82) is 0 Å². The van der Waals surface area contributed by atoms with Crippen LogP contribution in [-0.4, -0.2) is 27.8 Å². The van der Waals surface area contributed by atoms with Crippen molar-refractivity contribution in [3.63, 3.8) is 0 Å². The highest BCUT2D eigenvalue weighted by Gasteiger charge is 2.56. The van der Waals surface area contributed by atoms with E-state index in [2.05, 4.69) is 38.9 Å². The molecule has 3 nitrogen and oxygen atoms in total. The zero-order chi connectivity index (χ0) is 22.4. The molecule has 2 aromatic carbocycles. The van der Waals surface area contributed by atoms with Gasteiger partial charge in [0.2, 0.25) is 8.32 Å². The Morgan fingerprint density at radius 2 is 1.57 bits per heavy atom. The lowest BCUT2D eigenvalue weighted by Gasteiger charge is -2.38. The predicted octanol–water partition coefficient (Wildman–Crippen LogP) is 6.84. The van der Waals surface area contributed by atoms with E-state index in [1.807, 2.05) is 0 Å². The lowest BCUT2D eigenvalue weighted by atomic mass is 9.74. The van der Waals surface area contributed by atoms with Crippen molar-refractivity contribution in [3.05, 3.63) is 53.6 Å². The van der Waals surface area contributed by atoms with Crippen LogP contribution in [-0.2, 0) is 11.8 Å². The zero-order valence-corrected chi connectivity index (χ0v) is 19.2. The predicted molar refractivity (Wildman–Crippen MR) is 117 cm³/mol. The third-order valence-electron chi connectivity index (χ3n) is 6.23. The van der Waals surface area contributed by atoms with Gasteiger partial charge < -0.3 is 9.16 Å². The van der Waals surface area contributed by atoms with Crippen LogP contribution in [0.25, 0.3) is 0 Å². The number of benzene rings is 2. The Morgan fingerprint density at radius 1 is 0.967 bits per heavy atom. The third kappa shape index (κ3) is 3.99. The minimum Gasteiger partial charge on any atom is -0.543 e. The number of fused-ring (bicyclic) bond motifs is 1. The number of nitrogens with zero attached hydrogens (tertiary/aromatic N) is 1. The molecule has 0 spiro atoms. The van der Waals surface area contributed by atoms with Crippen molar-refractivity contribution in [2.24, 2.45) is 4.99 Å². The van der Waals surface area contributed by atoms with E-state index in [0.717, 1.165) is 6.21 Å². The first kappa shape index (κ1) is 22.4. The van der Waals surface area contributed by atoms with Gasteiger partial charge in [-0.3, -0.25) is 4.99 Å². The summed E-state index contributed by atoms with van der Waals surface area (Å²) in [6, 6.07) is 11.3. The van der Waals surface area contributed by atoms with Gasteiger partial charge in [-0.15, -0.1) is 0 Å². The van der Waals surface area contributed by atoms with E-state index in [4.69, 9.17) is 9.16 Å². The first-order chi connectivity index (χ1) is 13.8. The molecule has 1 atom stereocenters. The summed E-state index contributed by atoms with van der Waals surface area (Å²) in [6.07, 6.45) is -3.69.